The lowest BCUT2D eigenvalue weighted by atomic mass is 9.95. The van der Waals surface area contributed by atoms with Crippen molar-refractivity contribution in [1.82, 2.24) is 29.9 Å². The number of hydrogen-bond donors (Lipinski definition) is 2. The lowest BCUT2D eigenvalue weighted by Crippen LogP contribution is -2.60. The van der Waals surface area contributed by atoms with Crippen LogP contribution in [0.1, 0.15) is 43.4 Å². The Morgan fingerprint density at radius 3 is 2.84 bits per heavy atom. The highest BCUT2D eigenvalue weighted by molar-refractivity contribution is 5.92. The minimum absolute atomic E-state index is 0.302. The molecule has 2 N–H and O–H groups in total. The van der Waals surface area contributed by atoms with E-state index in [4.69, 9.17) is 9.72 Å². The first kappa shape index (κ1) is 19.5. The number of H-pyrrole nitrogens is 1. The zero-order chi connectivity index (χ0) is 22.1. The Labute approximate surface area is 187 Å². The molecule has 1 fully saturated rings. The smallest absolute Gasteiger partial charge is 0.172 e. The van der Waals surface area contributed by atoms with Crippen molar-refractivity contribution < 1.29 is 4.74 Å². The van der Waals surface area contributed by atoms with Crippen LogP contribution in [0.4, 0.5) is 5.82 Å². The molecule has 0 aliphatic carbocycles. The number of fused-ring (bicyclic) bond motifs is 5. The monoisotopic (exact) mass is 431 g/mol. The maximum atomic E-state index is 6.17. The lowest BCUT2D eigenvalue weighted by Gasteiger charge is -2.45. The summed E-state index contributed by atoms with van der Waals surface area (Å²) in [4.78, 5) is 15.8. The first-order valence-corrected chi connectivity index (χ1v) is 11.4. The van der Waals surface area contributed by atoms with Crippen molar-refractivity contribution in [3.63, 3.8) is 0 Å². The van der Waals surface area contributed by atoms with Gasteiger partial charge in [-0.2, -0.15) is 5.10 Å². The number of pyridine rings is 2. The van der Waals surface area contributed by atoms with E-state index >= 15 is 0 Å². The molecule has 0 saturated carbocycles. The average Bonchev–Trinajstić information content (AvgIpc) is 3.39. The molecule has 2 atom stereocenters. The molecule has 0 spiro atoms. The van der Waals surface area contributed by atoms with Gasteiger partial charge in [-0.05, 0) is 37.8 Å². The summed E-state index contributed by atoms with van der Waals surface area (Å²) in [5, 5.41) is 7.91. The minimum atomic E-state index is 0.302. The molecule has 2 aliphatic rings. The summed E-state index contributed by atoms with van der Waals surface area (Å²) in [5.74, 6) is 2.14. The quantitative estimate of drug-likeness (QED) is 0.505. The molecule has 2 unspecified atom stereocenters. The third kappa shape index (κ3) is 2.68. The normalized spacial score (nSPS) is 20.6. The van der Waals surface area contributed by atoms with Gasteiger partial charge < -0.3 is 19.9 Å². The van der Waals surface area contributed by atoms with Gasteiger partial charge >= 0.3 is 0 Å². The van der Waals surface area contributed by atoms with Crippen LogP contribution in [0.15, 0.2) is 18.6 Å². The first-order valence-electron chi connectivity index (χ1n) is 11.4. The van der Waals surface area contributed by atoms with E-state index in [-0.39, 0.29) is 0 Å². The molecule has 0 amide bonds. The van der Waals surface area contributed by atoms with Crippen LogP contribution in [0, 0.1) is 13.8 Å². The highest BCUT2D eigenvalue weighted by Gasteiger charge is 2.36. The fourth-order valence-corrected chi connectivity index (χ4v) is 5.35. The molecule has 8 heteroatoms. The fourth-order valence-electron chi connectivity index (χ4n) is 5.35. The standard InChI is InChI=1S/C24H29N7O/c1-12(2)20-21(17-9-30-23(26-11-27-30)15(5)14(17)4)28-18-6-19-24(29-22(18)20)31-13(3)7-25-8-16(31)10-32-19/h6,9,11-13,16,25,28H,7-8,10H2,1-5H3. The van der Waals surface area contributed by atoms with Crippen molar-refractivity contribution in [2.24, 2.45) is 0 Å². The molecular weight excluding hydrogens is 402 g/mol. The van der Waals surface area contributed by atoms with E-state index < -0.39 is 0 Å². The highest BCUT2D eigenvalue weighted by atomic mass is 16.5. The summed E-state index contributed by atoms with van der Waals surface area (Å²) >= 11 is 0. The Morgan fingerprint density at radius 1 is 1.19 bits per heavy atom. The van der Waals surface area contributed by atoms with Crippen molar-refractivity contribution >= 4 is 22.5 Å². The Bertz CT molecular complexity index is 1350. The molecular formula is C24H29N7O. The number of hydrogen-bond acceptors (Lipinski definition) is 6. The van der Waals surface area contributed by atoms with Crippen LogP contribution in [0.25, 0.3) is 27.9 Å². The van der Waals surface area contributed by atoms with E-state index in [1.54, 1.807) is 6.33 Å². The number of ether oxygens (including phenoxy) is 1. The summed E-state index contributed by atoms with van der Waals surface area (Å²) in [6.45, 7) is 13.6. The third-order valence-corrected chi connectivity index (χ3v) is 7.09. The van der Waals surface area contributed by atoms with Gasteiger partial charge in [-0.1, -0.05) is 13.8 Å². The summed E-state index contributed by atoms with van der Waals surface area (Å²) in [7, 11) is 0. The zero-order valence-corrected chi connectivity index (χ0v) is 19.2. The van der Waals surface area contributed by atoms with Gasteiger partial charge in [0, 0.05) is 42.5 Å². The van der Waals surface area contributed by atoms with Gasteiger partial charge in [0.15, 0.2) is 17.2 Å². The number of anilines is 1. The number of rotatable bonds is 2. The van der Waals surface area contributed by atoms with E-state index in [0.717, 1.165) is 58.2 Å². The lowest BCUT2D eigenvalue weighted by molar-refractivity contribution is 0.231. The fraction of sp³-hybridized carbons (Fsp3) is 0.458. The van der Waals surface area contributed by atoms with Crippen LogP contribution in [-0.2, 0) is 0 Å². The summed E-state index contributed by atoms with van der Waals surface area (Å²) < 4.78 is 8.03. The van der Waals surface area contributed by atoms with Gasteiger partial charge in [0.2, 0.25) is 0 Å². The Hall–Kier alpha value is -3.13. The number of nitrogens with one attached hydrogen (secondary N) is 2. The van der Waals surface area contributed by atoms with Gasteiger partial charge in [-0.15, -0.1) is 0 Å². The second-order valence-electron chi connectivity index (χ2n) is 9.48. The number of piperazine rings is 1. The minimum Gasteiger partial charge on any atom is -0.487 e. The number of nitrogens with zero attached hydrogens (tertiary/aromatic N) is 5. The summed E-state index contributed by atoms with van der Waals surface area (Å²) in [6, 6.07) is 2.83. The van der Waals surface area contributed by atoms with Crippen molar-refractivity contribution in [1.29, 1.82) is 0 Å². The molecule has 4 aromatic rings. The molecule has 2 aliphatic heterocycles. The Morgan fingerprint density at radius 2 is 2.03 bits per heavy atom. The van der Waals surface area contributed by atoms with Crippen molar-refractivity contribution in [2.75, 3.05) is 24.6 Å². The molecule has 6 heterocycles. The van der Waals surface area contributed by atoms with E-state index in [1.807, 2.05) is 4.52 Å². The van der Waals surface area contributed by atoms with Crippen LogP contribution >= 0.6 is 0 Å². The van der Waals surface area contributed by atoms with Crippen LogP contribution in [0.5, 0.6) is 5.75 Å². The third-order valence-electron chi connectivity index (χ3n) is 7.09. The van der Waals surface area contributed by atoms with Gasteiger partial charge in [0.1, 0.15) is 12.9 Å². The average molecular weight is 432 g/mol. The van der Waals surface area contributed by atoms with E-state index in [2.05, 4.69) is 72.2 Å². The first-order chi connectivity index (χ1) is 15.4. The molecule has 8 nitrogen and oxygen atoms in total. The molecule has 32 heavy (non-hydrogen) atoms. The van der Waals surface area contributed by atoms with Gasteiger partial charge in [0.05, 0.1) is 22.8 Å². The van der Waals surface area contributed by atoms with Crippen LogP contribution in [0.3, 0.4) is 0 Å². The molecule has 4 aromatic heterocycles. The number of aromatic amines is 1. The maximum Gasteiger partial charge on any atom is 0.172 e. The van der Waals surface area contributed by atoms with Crippen molar-refractivity contribution in [3.05, 3.63) is 35.3 Å². The Kier molecular flexibility index (Phi) is 4.24. The molecule has 166 valence electrons. The SMILES string of the molecule is Cc1c(-c2[nH]c3cc4c(nc3c2C(C)C)N2C(C)CNCC2CO4)cn2ncnc2c1C. The summed E-state index contributed by atoms with van der Waals surface area (Å²) in [6.07, 6.45) is 3.68. The largest absolute Gasteiger partial charge is 0.487 e. The zero-order valence-electron chi connectivity index (χ0n) is 19.2. The number of aryl methyl sites for hydroxylation is 1. The number of aromatic nitrogens is 5. The van der Waals surface area contributed by atoms with E-state index in [1.165, 1.54) is 11.1 Å². The van der Waals surface area contributed by atoms with E-state index in [0.29, 0.717) is 24.6 Å². The predicted octanol–water partition coefficient (Wildman–Crippen LogP) is 3.57. The van der Waals surface area contributed by atoms with Gasteiger partial charge in [-0.3, -0.25) is 0 Å². The second-order valence-corrected chi connectivity index (χ2v) is 9.48. The second kappa shape index (κ2) is 6.93. The highest BCUT2D eigenvalue weighted by Crippen LogP contribution is 2.42. The summed E-state index contributed by atoms with van der Waals surface area (Å²) in [5.41, 5.74) is 8.75. The van der Waals surface area contributed by atoms with Crippen LogP contribution in [-0.4, -0.2) is 56.3 Å². The van der Waals surface area contributed by atoms with Crippen molar-refractivity contribution in [2.45, 2.75) is 52.6 Å². The van der Waals surface area contributed by atoms with Gasteiger partial charge in [0.25, 0.3) is 0 Å². The predicted molar refractivity (Wildman–Crippen MR) is 126 cm³/mol. The molecule has 6 rings (SSSR count). The van der Waals surface area contributed by atoms with Crippen LogP contribution in [0.2, 0.25) is 0 Å². The maximum absolute atomic E-state index is 6.17. The van der Waals surface area contributed by atoms with Crippen LogP contribution < -0.4 is 15.0 Å². The van der Waals surface area contributed by atoms with E-state index in [9.17, 15) is 0 Å². The topological polar surface area (TPSA) is 83.4 Å². The van der Waals surface area contributed by atoms with Gasteiger partial charge in [-0.25, -0.2) is 14.5 Å². The molecule has 0 aromatic carbocycles. The molecule has 0 radical (unpaired) electrons. The molecule has 1 saturated heterocycles. The Balaban J connectivity index is 1.60. The van der Waals surface area contributed by atoms with Crippen molar-refractivity contribution in [3.8, 4) is 17.0 Å². The molecule has 0 bridgehead atoms.